The van der Waals surface area contributed by atoms with Crippen LogP contribution in [0.3, 0.4) is 0 Å². The van der Waals surface area contributed by atoms with Gasteiger partial charge in [0.05, 0.1) is 19.3 Å². The van der Waals surface area contributed by atoms with Gasteiger partial charge in [-0.25, -0.2) is 0 Å². The molecule has 28 heavy (non-hydrogen) atoms. The number of hydrogen-bond acceptors (Lipinski definition) is 4. The fourth-order valence-electron chi connectivity index (χ4n) is 3.95. The van der Waals surface area contributed by atoms with Crippen LogP contribution in [0.5, 0.6) is 0 Å². The van der Waals surface area contributed by atoms with Gasteiger partial charge in [-0.2, -0.15) is 0 Å². The summed E-state index contributed by atoms with van der Waals surface area (Å²) < 4.78 is 6.05. The van der Waals surface area contributed by atoms with E-state index in [0.29, 0.717) is 18.7 Å². The molecule has 3 aliphatic rings. The first-order valence-corrected chi connectivity index (χ1v) is 10.8. The van der Waals surface area contributed by atoms with Gasteiger partial charge in [-0.1, -0.05) is 25.7 Å². The van der Waals surface area contributed by atoms with Crippen molar-refractivity contribution in [3.05, 3.63) is 0 Å². The maximum absolute atomic E-state index is 11.9. The number of nitrogens with zero attached hydrogens (tertiary/aromatic N) is 3. The van der Waals surface area contributed by atoms with Crippen LogP contribution in [0.4, 0.5) is 0 Å². The van der Waals surface area contributed by atoms with E-state index >= 15 is 0 Å². The number of rotatable bonds is 7. The van der Waals surface area contributed by atoms with E-state index in [1.165, 1.54) is 38.5 Å². The van der Waals surface area contributed by atoms with Crippen molar-refractivity contribution in [2.75, 3.05) is 52.9 Å². The van der Waals surface area contributed by atoms with Gasteiger partial charge in [0, 0.05) is 45.8 Å². The van der Waals surface area contributed by atoms with Crippen molar-refractivity contribution in [1.29, 1.82) is 0 Å². The second kappa shape index (κ2) is 12.8. The number of guanidine groups is 1. The number of hydrogen-bond donors (Lipinski definition) is 2. The van der Waals surface area contributed by atoms with Crippen molar-refractivity contribution in [2.45, 2.75) is 63.5 Å². The maximum Gasteiger partial charge on any atom is 0.234 e. The van der Waals surface area contributed by atoms with E-state index in [1.54, 1.807) is 0 Å². The Morgan fingerprint density at radius 1 is 1.04 bits per heavy atom. The Labute approximate surface area is 187 Å². The lowest BCUT2D eigenvalue weighted by Gasteiger charge is -2.36. The van der Waals surface area contributed by atoms with Gasteiger partial charge in [0.15, 0.2) is 5.96 Å². The number of piperazine rings is 1. The van der Waals surface area contributed by atoms with E-state index in [2.05, 4.69) is 25.4 Å². The van der Waals surface area contributed by atoms with Crippen LogP contribution in [0.25, 0.3) is 0 Å². The Kier molecular flexibility index (Phi) is 10.9. The molecule has 0 bridgehead atoms. The number of nitrogens with one attached hydrogen (secondary N) is 2. The first-order valence-electron chi connectivity index (χ1n) is 10.8. The third-order valence-electron chi connectivity index (χ3n) is 5.73. The number of aliphatic imine (C=N–C) groups is 1. The second-order valence-corrected chi connectivity index (χ2v) is 8.06. The molecule has 2 aliphatic carbocycles. The molecule has 2 N–H and O–H groups in total. The number of ether oxygens (including phenoxy) is 1. The van der Waals surface area contributed by atoms with Gasteiger partial charge in [-0.05, 0) is 25.7 Å². The molecule has 3 fully saturated rings. The van der Waals surface area contributed by atoms with Gasteiger partial charge in [0.1, 0.15) is 0 Å². The normalized spacial score (nSPS) is 22.3. The molecule has 162 valence electrons. The van der Waals surface area contributed by atoms with E-state index in [1.807, 2.05) is 7.05 Å². The van der Waals surface area contributed by atoms with E-state index in [9.17, 15) is 4.79 Å². The summed E-state index contributed by atoms with van der Waals surface area (Å²) in [6.45, 7) is 5.66. The van der Waals surface area contributed by atoms with Crippen LogP contribution in [0.2, 0.25) is 0 Å². The fraction of sp³-hybridized carbons (Fsp3) is 0.900. The molecule has 1 heterocycles. The van der Waals surface area contributed by atoms with Crippen LogP contribution >= 0.6 is 24.0 Å². The Hall–Kier alpha value is -0.610. The number of carbonyl (C=O) groups excluding carboxylic acids is 1. The third kappa shape index (κ3) is 8.41. The van der Waals surface area contributed by atoms with Crippen LogP contribution in [0.1, 0.15) is 51.4 Å². The lowest BCUT2D eigenvalue weighted by Crippen LogP contribution is -2.54. The smallest absolute Gasteiger partial charge is 0.234 e. The van der Waals surface area contributed by atoms with Crippen molar-refractivity contribution in [3.63, 3.8) is 0 Å². The minimum absolute atomic E-state index is 0. The summed E-state index contributed by atoms with van der Waals surface area (Å²) in [6, 6.07) is 0.446. The van der Waals surface area contributed by atoms with E-state index in [-0.39, 0.29) is 29.9 Å². The summed E-state index contributed by atoms with van der Waals surface area (Å²) in [5.74, 6) is 1.12. The third-order valence-corrected chi connectivity index (χ3v) is 5.73. The molecule has 1 aliphatic heterocycles. The van der Waals surface area contributed by atoms with E-state index < -0.39 is 0 Å². The molecular weight excluding hydrogens is 469 g/mol. The van der Waals surface area contributed by atoms with Gasteiger partial charge in [-0.15, -0.1) is 24.0 Å². The zero-order chi connectivity index (χ0) is 18.9. The maximum atomic E-state index is 11.9. The van der Waals surface area contributed by atoms with E-state index in [0.717, 1.165) is 58.1 Å². The number of amides is 1. The molecule has 7 nitrogen and oxygen atoms in total. The molecule has 3 rings (SSSR count). The lowest BCUT2D eigenvalue weighted by molar-refractivity contribution is -0.122. The topological polar surface area (TPSA) is 69.2 Å². The molecule has 0 aromatic rings. The average Bonchev–Trinajstić information content (AvgIpc) is 3.50. The quantitative estimate of drug-likeness (QED) is 0.181. The van der Waals surface area contributed by atoms with Crippen LogP contribution in [0.15, 0.2) is 4.99 Å². The van der Waals surface area contributed by atoms with Crippen LogP contribution < -0.4 is 10.6 Å². The van der Waals surface area contributed by atoms with E-state index in [4.69, 9.17) is 4.74 Å². The summed E-state index contributed by atoms with van der Waals surface area (Å²) in [7, 11) is 1.84. The Balaban J connectivity index is 0.00000280. The molecule has 0 spiro atoms. The zero-order valence-electron chi connectivity index (χ0n) is 17.3. The summed E-state index contributed by atoms with van der Waals surface area (Å²) in [6.07, 6.45) is 10.5. The van der Waals surface area contributed by atoms with Crippen molar-refractivity contribution < 1.29 is 9.53 Å². The fourth-order valence-corrected chi connectivity index (χ4v) is 3.95. The molecule has 2 saturated carbocycles. The van der Waals surface area contributed by atoms with Crippen LogP contribution in [-0.2, 0) is 9.53 Å². The van der Waals surface area contributed by atoms with Gasteiger partial charge < -0.3 is 20.3 Å². The lowest BCUT2D eigenvalue weighted by atomic mass is 10.1. The minimum atomic E-state index is 0. The van der Waals surface area contributed by atoms with Crippen LogP contribution in [-0.4, -0.2) is 86.7 Å². The highest BCUT2D eigenvalue weighted by Gasteiger charge is 2.25. The summed E-state index contributed by atoms with van der Waals surface area (Å²) in [4.78, 5) is 20.9. The Bertz CT molecular complexity index is 485. The molecule has 1 amide bonds. The van der Waals surface area contributed by atoms with Gasteiger partial charge >= 0.3 is 0 Å². The Morgan fingerprint density at radius 3 is 2.32 bits per heavy atom. The SMILES string of the molecule is CN=C(NCCOC1CCCCCC1)N1CCN(CC(=O)NC2CC2)CC1.I. The molecule has 0 radical (unpaired) electrons. The highest BCUT2D eigenvalue weighted by molar-refractivity contribution is 14.0. The molecule has 0 atom stereocenters. The zero-order valence-corrected chi connectivity index (χ0v) is 19.7. The molecular formula is C20H38IN5O2. The number of carbonyl (C=O) groups is 1. The minimum Gasteiger partial charge on any atom is -0.376 e. The Morgan fingerprint density at radius 2 is 1.71 bits per heavy atom. The highest BCUT2D eigenvalue weighted by Crippen LogP contribution is 2.19. The summed E-state index contributed by atoms with van der Waals surface area (Å²) in [5, 5.41) is 6.50. The molecule has 8 heteroatoms. The van der Waals surface area contributed by atoms with Crippen molar-refractivity contribution in [3.8, 4) is 0 Å². The van der Waals surface area contributed by atoms with Gasteiger partial charge in [0.2, 0.25) is 5.91 Å². The van der Waals surface area contributed by atoms with Crippen LogP contribution in [0, 0.1) is 0 Å². The van der Waals surface area contributed by atoms with Gasteiger partial charge in [-0.3, -0.25) is 14.7 Å². The highest BCUT2D eigenvalue weighted by atomic mass is 127. The standard InChI is InChI=1S/C20H37N5O2.HI/c1-21-20(22-10-15-27-18-6-4-2-3-5-7-18)25-13-11-24(12-14-25)16-19(26)23-17-8-9-17;/h17-18H,2-16H2,1H3,(H,21,22)(H,23,26);1H. The largest absolute Gasteiger partial charge is 0.376 e. The first kappa shape index (κ1) is 23.7. The molecule has 1 saturated heterocycles. The summed E-state index contributed by atoms with van der Waals surface area (Å²) in [5.41, 5.74) is 0. The first-order chi connectivity index (χ1) is 13.2. The van der Waals surface area contributed by atoms with Crippen molar-refractivity contribution in [2.24, 2.45) is 4.99 Å². The van der Waals surface area contributed by atoms with Crippen molar-refractivity contribution in [1.82, 2.24) is 20.4 Å². The average molecular weight is 507 g/mol. The monoisotopic (exact) mass is 507 g/mol. The predicted octanol–water partition coefficient (Wildman–Crippen LogP) is 1.82. The second-order valence-electron chi connectivity index (χ2n) is 8.06. The molecule has 0 aromatic carbocycles. The number of halogens is 1. The molecule has 0 aromatic heterocycles. The summed E-state index contributed by atoms with van der Waals surface area (Å²) >= 11 is 0. The predicted molar refractivity (Wildman–Crippen MR) is 123 cm³/mol. The van der Waals surface area contributed by atoms with Crippen molar-refractivity contribution >= 4 is 35.8 Å². The molecule has 0 unspecified atom stereocenters. The van der Waals surface area contributed by atoms with Gasteiger partial charge in [0.25, 0.3) is 0 Å².